The molecule has 204 valence electrons. The zero-order valence-corrected chi connectivity index (χ0v) is 21.8. The number of aromatic nitrogens is 5. The van der Waals surface area contributed by atoms with Gasteiger partial charge in [0.1, 0.15) is 24.3 Å². The molecule has 0 radical (unpaired) electrons. The lowest BCUT2D eigenvalue weighted by Crippen LogP contribution is -2.46. The molecule has 0 amide bonds. The van der Waals surface area contributed by atoms with Crippen molar-refractivity contribution >= 4 is 22.8 Å². The quantitative estimate of drug-likeness (QED) is 0.334. The normalized spacial score (nSPS) is 17.4. The number of benzene rings is 1. The van der Waals surface area contributed by atoms with Gasteiger partial charge in [0, 0.05) is 51.2 Å². The highest BCUT2D eigenvalue weighted by atomic mass is 16.5. The molecular formula is C28H28N8O4. The lowest BCUT2D eigenvalue weighted by Gasteiger charge is -2.35. The molecule has 2 aliphatic rings. The van der Waals surface area contributed by atoms with Gasteiger partial charge in [-0.05, 0) is 30.7 Å². The van der Waals surface area contributed by atoms with Gasteiger partial charge in [-0.3, -0.25) is 4.90 Å². The second kappa shape index (κ2) is 11.3. The highest BCUT2D eigenvalue weighted by Gasteiger charge is 2.25. The molecule has 2 aliphatic heterocycles. The number of piperazine rings is 1. The van der Waals surface area contributed by atoms with E-state index in [1.54, 1.807) is 24.3 Å². The van der Waals surface area contributed by atoms with Crippen molar-refractivity contribution < 1.29 is 19.4 Å². The highest BCUT2D eigenvalue weighted by molar-refractivity contribution is 5.92. The monoisotopic (exact) mass is 540 g/mol. The predicted molar refractivity (Wildman–Crippen MR) is 144 cm³/mol. The molecule has 1 aromatic carbocycles. The molecule has 12 heteroatoms. The van der Waals surface area contributed by atoms with E-state index < -0.39 is 5.97 Å². The van der Waals surface area contributed by atoms with Crippen LogP contribution in [0.4, 0.5) is 5.82 Å². The molecule has 6 rings (SSSR count). The van der Waals surface area contributed by atoms with Crippen molar-refractivity contribution in [2.45, 2.75) is 32.2 Å². The summed E-state index contributed by atoms with van der Waals surface area (Å²) in [4.78, 5) is 34.0. The van der Waals surface area contributed by atoms with Crippen molar-refractivity contribution in [2.75, 3.05) is 37.7 Å². The van der Waals surface area contributed by atoms with Crippen LogP contribution in [0.3, 0.4) is 0 Å². The lowest BCUT2D eigenvalue weighted by atomic mass is 10.1. The average molecular weight is 541 g/mol. The first-order chi connectivity index (χ1) is 19.6. The van der Waals surface area contributed by atoms with Crippen LogP contribution in [0.2, 0.25) is 0 Å². The Labute approximate surface area is 230 Å². The van der Waals surface area contributed by atoms with Crippen molar-refractivity contribution in [1.29, 1.82) is 5.26 Å². The molecule has 2 saturated heterocycles. The minimum Gasteiger partial charge on any atom is -0.478 e. The number of carboxylic acids is 1. The summed E-state index contributed by atoms with van der Waals surface area (Å²) in [5.74, 6) is 1.78. The van der Waals surface area contributed by atoms with Gasteiger partial charge in [0.15, 0.2) is 5.82 Å². The third kappa shape index (κ3) is 5.56. The molecule has 4 aromatic rings. The summed E-state index contributed by atoms with van der Waals surface area (Å²) in [7, 11) is 0. The van der Waals surface area contributed by atoms with E-state index in [-0.39, 0.29) is 18.3 Å². The fourth-order valence-corrected chi connectivity index (χ4v) is 4.88. The van der Waals surface area contributed by atoms with Crippen LogP contribution in [0.15, 0.2) is 48.8 Å². The van der Waals surface area contributed by atoms with Gasteiger partial charge in [0.05, 0.1) is 41.4 Å². The molecule has 12 nitrogen and oxygen atoms in total. The Morgan fingerprint density at radius 3 is 2.62 bits per heavy atom. The molecule has 40 heavy (non-hydrogen) atoms. The van der Waals surface area contributed by atoms with Crippen LogP contribution >= 0.6 is 0 Å². The van der Waals surface area contributed by atoms with Crippen LogP contribution < -0.4 is 9.64 Å². The smallest absolute Gasteiger partial charge is 0.335 e. The van der Waals surface area contributed by atoms with E-state index in [1.807, 2.05) is 18.2 Å². The SMILES string of the molecule is N#Cc1cnc(COc2cccc(N3CCN(Cc4nc5ccc(C(=O)O)cc5n4CC4CCO4)CC3)n2)nc1. The van der Waals surface area contributed by atoms with Gasteiger partial charge < -0.3 is 24.0 Å². The molecule has 0 bridgehead atoms. The van der Waals surface area contributed by atoms with Gasteiger partial charge in [0.2, 0.25) is 5.88 Å². The van der Waals surface area contributed by atoms with E-state index in [9.17, 15) is 9.90 Å². The average Bonchev–Trinajstić information content (AvgIpc) is 3.30. The number of aromatic carboxylic acids is 1. The Bertz CT molecular complexity index is 1550. The second-order valence-corrected chi connectivity index (χ2v) is 9.81. The summed E-state index contributed by atoms with van der Waals surface area (Å²) < 4.78 is 13.6. The molecule has 0 aliphatic carbocycles. The van der Waals surface area contributed by atoms with Gasteiger partial charge in [-0.2, -0.15) is 10.2 Å². The number of carbonyl (C=O) groups is 1. The first-order valence-electron chi connectivity index (χ1n) is 13.2. The summed E-state index contributed by atoms with van der Waals surface area (Å²) in [6, 6.07) is 12.8. The third-order valence-electron chi connectivity index (χ3n) is 7.21. The number of imidazole rings is 1. The van der Waals surface area contributed by atoms with E-state index >= 15 is 0 Å². The maximum absolute atomic E-state index is 11.6. The molecule has 2 fully saturated rings. The molecular weight excluding hydrogens is 512 g/mol. The predicted octanol–water partition coefficient (Wildman–Crippen LogP) is 2.48. The Kier molecular flexibility index (Phi) is 7.22. The summed E-state index contributed by atoms with van der Waals surface area (Å²) in [6.07, 6.45) is 4.06. The van der Waals surface area contributed by atoms with Gasteiger partial charge in [-0.1, -0.05) is 6.07 Å². The summed E-state index contributed by atoms with van der Waals surface area (Å²) >= 11 is 0. The van der Waals surface area contributed by atoms with E-state index in [4.69, 9.17) is 19.7 Å². The zero-order chi connectivity index (χ0) is 27.5. The van der Waals surface area contributed by atoms with Crippen LogP contribution in [0.1, 0.15) is 34.0 Å². The van der Waals surface area contributed by atoms with Gasteiger partial charge in [0.25, 0.3) is 0 Å². The van der Waals surface area contributed by atoms with E-state index in [0.29, 0.717) is 30.4 Å². The lowest BCUT2D eigenvalue weighted by molar-refractivity contribution is -0.0592. The molecule has 0 spiro atoms. The minimum atomic E-state index is -0.946. The number of anilines is 1. The van der Waals surface area contributed by atoms with Crippen LogP contribution in [0, 0.1) is 11.3 Å². The third-order valence-corrected chi connectivity index (χ3v) is 7.21. The van der Waals surface area contributed by atoms with Crippen molar-refractivity contribution in [2.24, 2.45) is 0 Å². The van der Waals surface area contributed by atoms with Gasteiger partial charge in [-0.25, -0.2) is 19.7 Å². The number of nitrogens with zero attached hydrogens (tertiary/aromatic N) is 8. The van der Waals surface area contributed by atoms with Crippen molar-refractivity contribution in [1.82, 2.24) is 29.4 Å². The van der Waals surface area contributed by atoms with Crippen molar-refractivity contribution in [3.63, 3.8) is 0 Å². The number of pyridine rings is 1. The summed E-state index contributed by atoms with van der Waals surface area (Å²) in [5, 5.41) is 18.4. The number of carboxylic acid groups (broad SMARTS) is 1. The first-order valence-corrected chi connectivity index (χ1v) is 13.2. The van der Waals surface area contributed by atoms with Gasteiger partial charge >= 0.3 is 5.97 Å². The fourth-order valence-electron chi connectivity index (χ4n) is 4.88. The second-order valence-electron chi connectivity index (χ2n) is 9.81. The Morgan fingerprint density at radius 1 is 1.12 bits per heavy atom. The first kappa shape index (κ1) is 25.7. The topological polar surface area (TPSA) is 143 Å². The van der Waals surface area contributed by atoms with Gasteiger partial charge in [-0.15, -0.1) is 0 Å². The van der Waals surface area contributed by atoms with Crippen LogP contribution in [-0.4, -0.2) is 79.4 Å². The number of hydrogen-bond donors (Lipinski definition) is 1. The van der Waals surface area contributed by atoms with Crippen molar-refractivity contribution in [3.05, 3.63) is 71.6 Å². The standard InChI is InChI=1S/C28H28N8O4/c29-13-19-14-30-24(31-15-19)18-40-27-3-1-2-25(33-27)35-9-7-34(8-10-35)17-26-32-22-5-4-20(28(37)38)12-23(22)36(26)16-21-6-11-39-21/h1-5,12,14-15,21H,6-11,16-18H2,(H,37,38). The maximum atomic E-state index is 11.6. The number of fused-ring (bicyclic) bond motifs is 1. The number of nitriles is 1. The number of ether oxygens (including phenoxy) is 2. The summed E-state index contributed by atoms with van der Waals surface area (Å²) in [5.41, 5.74) is 2.29. The van der Waals surface area contributed by atoms with Crippen LogP contribution in [0.25, 0.3) is 11.0 Å². The fraction of sp³-hybridized carbons (Fsp3) is 0.357. The molecule has 3 aromatic heterocycles. The Morgan fingerprint density at radius 2 is 1.93 bits per heavy atom. The Hall–Kier alpha value is -4.60. The maximum Gasteiger partial charge on any atom is 0.335 e. The molecule has 1 unspecified atom stereocenters. The molecule has 0 saturated carbocycles. The van der Waals surface area contributed by atoms with Crippen molar-refractivity contribution in [3.8, 4) is 11.9 Å². The van der Waals surface area contributed by atoms with Crippen LogP contribution in [0.5, 0.6) is 5.88 Å². The van der Waals surface area contributed by atoms with E-state index in [0.717, 1.165) is 61.9 Å². The van der Waals surface area contributed by atoms with Crippen LogP contribution in [-0.2, 0) is 24.4 Å². The van der Waals surface area contributed by atoms with E-state index in [1.165, 1.54) is 12.4 Å². The molecule has 1 atom stereocenters. The number of hydrogen-bond acceptors (Lipinski definition) is 10. The highest BCUT2D eigenvalue weighted by Crippen LogP contribution is 2.24. The Balaban J connectivity index is 1.10. The molecule has 5 heterocycles. The minimum absolute atomic E-state index is 0.130. The number of rotatable bonds is 9. The summed E-state index contributed by atoms with van der Waals surface area (Å²) in [6.45, 7) is 5.51. The largest absolute Gasteiger partial charge is 0.478 e. The zero-order valence-electron chi connectivity index (χ0n) is 21.8. The molecule has 1 N–H and O–H groups in total. The van der Waals surface area contributed by atoms with E-state index in [2.05, 4.69) is 29.3 Å².